The van der Waals surface area contributed by atoms with Crippen molar-refractivity contribution >= 4 is 12.4 Å². The summed E-state index contributed by atoms with van der Waals surface area (Å²) in [6.45, 7) is 7.86. The molecule has 0 bridgehead atoms. The lowest BCUT2D eigenvalue weighted by atomic mass is 9.98. The van der Waals surface area contributed by atoms with Crippen LogP contribution >= 0.6 is 0 Å². The molecule has 0 radical (unpaired) electrons. The van der Waals surface area contributed by atoms with Crippen molar-refractivity contribution < 1.29 is 28.9 Å². The molecule has 0 unspecified atom stereocenters. The average Bonchev–Trinajstić information content (AvgIpc) is 2.57. The Balaban J connectivity index is 0.000000816. The van der Waals surface area contributed by atoms with E-state index in [4.69, 9.17) is 24.1 Å². The van der Waals surface area contributed by atoms with Crippen molar-refractivity contribution in [3.05, 3.63) is 0 Å². The van der Waals surface area contributed by atoms with E-state index in [0.29, 0.717) is 26.4 Å². The second-order valence-corrected chi connectivity index (χ2v) is 5.98. The fraction of sp³-hybridized carbons (Fsp3) is 0.867. The lowest BCUT2D eigenvalue weighted by molar-refractivity contribution is -0.138. The lowest BCUT2D eigenvalue weighted by Gasteiger charge is -2.41. The molecule has 134 valence electrons. The number of hydrogen-bond donors (Lipinski definition) is 2. The number of methoxy groups -OCH3 is 1. The van der Waals surface area contributed by atoms with Crippen LogP contribution < -0.4 is 5.32 Å². The number of morpholine rings is 1. The zero-order valence-corrected chi connectivity index (χ0v) is 14.1. The van der Waals surface area contributed by atoms with Gasteiger partial charge in [-0.25, -0.2) is 0 Å². The number of ether oxygens (including phenoxy) is 3. The molecule has 0 saturated carbocycles. The average molecular weight is 332 g/mol. The summed E-state index contributed by atoms with van der Waals surface area (Å²) >= 11 is 0. The summed E-state index contributed by atoms with van der Waals surface area (Å²) in [5.74, 6) is 0.0494. The summed E-state index contributed by atoms with van der Waals surface area (Å²) in [6.07, 6.45) is 0.733. The molecule has 2 aliphatic rings. The van der Waals surface area contributed by atoms with Crippen LogP contribution in [0.25, 0.3) is 0 Å². The quantitative estimate of drug-likeness (QED) is 0.683. The molecule has 8 nitrogen and oxygen atoms in total. The fourth-order valence-corrected chi connectivity index (χ4v) is 2.72. The molecule has 0 aromatic rings. The molecule has 2 fully saturated rings. The zero-order chi connectivity index (χ0) is 17.3. The molecule has 0 aliphatic carbocycles. The summed E-state index contributed by atoms with van der Waals surface area (Å²) in [4.78, 5) is 23.1. The van der Waals surface area contributed by atoms with Gasteiger partial charge in [0.05, 0.1) is 31.4 Å². The van der Waals surface area contributed by atoms with Gasteiger partial charge in [-0.05, 0) is 20.3 Å². The Morgan fingerprint density at radius 3 is 2.48 bits per heavy atom. The molecule has 23 heavy (non-hydrogen) atoms. The number of rotatable bonds is 4. The molecular formula is C15H28N2O6. The maximum Gasteiger partial charge on any atom is 0.290 e. The van der Waals surface area contributed by atoms with Gasteiger partial charge in [-0.2, -0.15) is 0 Å². The van der Waals surface area contributed by atoms with Crippen molar-refractivity contribution in [1.82, 2.24) is 10.2 Å². The van der Waals surface area contributed by atoms with Crippen molar-refractivity contribution in [2.75, 3.05) is 46.6 Å². The first-order valence-electron chi connectivity index (χ1n) is 7.79. The second kappa shape index (κ2) is 9.82. The topological polar surface area (TPSA) is 97.3 Å². The van der Waals surface area contributed by atoms with Gasteiger partial charge in [-0.15, -0.1) is 0 Å². The van der Waals surface area contributed by atoms with Crippen molar-refractivity contribution in [3.8, 4) is 0 Å². The van der Waals surface area contributed by atoms with Crippen LogP contribution in [0, 0.1) is 0 Å². The van der Waals surface area contributed by atoms with Crippen LogP contribution in [0.5, 0.6) is 0 Å². The van der Waals surface area contributed by atoms with E-state index in [-0.39, 0.29) is 24.5 Å². The maximum absolute atomic E-state index is 12.6. The van der Waals surface area contributed by atoms with E-state index in [0.717, 1.165) is 19.5 Å². The summed E-state index contributed by atoms with van der Waals surface area (Å²) < 4.78 is 16.1. The molecule has 1 amide bonds. The van der Waals surface area contributed by atoms with Crippen LogP contribution in [0.2, 0.25) is 0 Å². The van der Waals surface area contributed by atoms with Gasteiger partial charge < -0.3 is 24.6 Å². The minimum atomic E-state index is -0.527. The smallest absolute Gasteiger partial charge is 0.290 e. The molecule has 2 heterocycles. The molecule has 0 spiro atoms. The number of amides is 1. The first-order chi connectivity index (χ1) is 11.0. The monoisotopic (exact) mass is 332 g/mol. The number of carbonyl (C=O) groups is 2. The zero-order valence-electron chi connectivity index (χ0n) is 14.1. The largest absolute Gasteiger partial charge is 0.483 e. The van der Waals surface area contributed by atoms with E-state index in [1.54, 1.807) is 7.11 Å². The Hall–Kier alpha value is -1.22. The Morgan fingerprint density at radius 2 is 1.91 bits per heavy atom. The Kier molecular flexibility index (Phi) is 8.46. The first-order valence-corrected chi connectivity index (χ1v) is 7.79. The molecule has 2 N–H and O–H groups in total. The third-order valence-electron chi connectivity index (χ3n) is 4.28. The van der Waals surface area contributed by atoms with Gasteiger partial charge in [-0.3, -0.25) is 14.5 Å². The van der Waals surface area contributed by atoms with Crippen LogP contribution in [-0.4, -0.2) is 86.7 Å². The van der Waals surface area contributed by atoms with E-state index >= 15 is 0 Å². The number of nitrogens with zero attached hydrogens (tertiary/aromatic N) is 1. The normalized spacial score (nSPS) is 25.9. The number of carbonyl (C=O) groups excluding carboxylic acids is 1. The highest BCUT2D eigenvalue weighted by Crippen LogP contribution is 2.18. The molecule has 0 aromatic carbocycles. The summed E-state index contributed by atoms with van der Waals surface area (Å²) in [6, 6.07) is 0.0292. The minimum absolute atomic E-state index is 0.0292. The summed E-state index contributed by atoms with van der Waals surface area (Å²) in [5, 5.41) is 10.0. The van der Waals surface area contributed by atoms with E-state index in [1.165, 1.54) is 0 Å². The number of nitrogens with one attached hydrogen (secondary N) is 1. The van der Waals surface area contributed by atoms with Gasteiger partial charge >= 0.3 is 0 Å². The predicted octanol–water partition coefficient (Wildman–Crippen LogP) is -0.282. The fourth-order valence-electron chi connectivity index (χ4n) is 2.72. The van der Waals surface area contributed by atoms with E-state index in [1.807, 2.05) is 13.8 Å². The molecule has 2 rings (SSSR count). The van der Waals surface area contributed by atoms with Crippen molar-refractivity contribution in [2.24, 2.45) is 0 Å². The Morgan fingerprint density at radius 1 is 1.30 bits per heavy atom. The summed E-state index contributed by atoms with van der Waals surface area (Å²) in [7, 11) is 1.66. The second-order valence-electron chi connectivity index (χ2n) is 5.98. The Bertz CT molecular complexity index is 371. The third-order valence-corrected chi connectivity index (χ3v) is 4.28. The highest BCUT2D eigenvalue weighted by Gasteiger charge is 2.38. The third kappa shape index (κ3) is 5.72. The van der Waals surface area contributed by atoms with Gasteiger partial charge in [0.25, 0.3) is 6.47 Å². The van der Waals surface area contributed by atoms with Crippen LogP contribution in [0.1, 0.15) is 20.3 Å². The number of hydrogen-bond acceptors (Lipinski definition) is 6. The Labute approximate surface area is 137 Å². The van der Waals surface area contributed by atoms with Crippen LogP contribution in [-0.2, 0) is 23.8 Å². The summed E-state index contributed by atoms with van der Waals surface area (Å²) in [5.41, 5.74) is -0.527. The lowest BCUT2D eigenvalue weighted by Crippen LogP contribution is -2.61. The van der Waals surface area contributed by atoms with Crippen LogP contribution in [0.3, 0.4) is 0 Å². The molecule has 2 atom stereocenters. The van der Waals surface area contributed by atoms with Crippen molar-refractivity contribution in [2.45, 2.75) is 38.0 Å². The standard InChI is InChI=1S/C14H26N2O4.CH2O2/c1-14(2,16-5-8-19-9-6-16)13(17)15-11-4-7-20-10-12(11)18-3;2-1-3/h11-12H,4-10H2,1-3H3,(H,15,17);1H,(H,2,3)/t11-,12-;/m0./s1. The van der Waals surface area contributed by atoms with Gasteiger partial charge in [0.1, 0.15) is 6.10 Å². The van der Waals surface area contributed by atoms with Gasteiger partial charge in [0.15, 0.2) is 0 Å². The molecule has 8 heteroatoms. The number of carboxylic acid groups (broad SMARTS) is 1. The van der Waals surface area contributed by atoms with E-state index < -0.39 is 5.54 Å². The van der Waals surface area contributed by atoms with E-state index in [9.17, 15) is 4.79 Å². The van der Waals surface area contributed by atoms with Gasteiger partial charge in [-0.1, -0.05) is 0 Å². The maximum atomic E-state index is 12.6. The molecule has 0 aromatic heterocycles. The van der Waals surface area contributed by atoms with Crippen LogP contribution in [0.15, 0.2) is 0 Å². The van der Waals surface area contributed by atoms with E-state index in [2.05, 4.69) is 10.2 Å². The van der Waals surface area contributed by atoms with Crippen LogP contribution in [0.4, 0.5) is 0 Å². The highest BCUT2D eigenvalue weighted by molar-refractivity contribution is 5.85. The predicted molar refractivity (Wildman–Crippen MR) is 83.3 cm³/mol. The SMILES string of the molecule is CO[C@H]1COCC[C@@H]1NC(=O)C(C)(C)N1CCOCC1.O=CO. The first kappa shape index (κ1) is 19.8. The van der Waals surface area contributed by atoms with Gasteiger partial charge in [0.2, 0.25) is 5.91 Å². The molecule has 2 saturated heterocycles. The molecular weight excluding hydrogens is 304 g/mol. The molecule has 2 aliphatic heterocycles. The van der Waals surface area contributed by atoms with Gasteiger partial charge in [0, 0.05) is 26.8 Å². The van der Waals surface area contributed by atoms with Crippen molar-refractivity contribution in [3.63, 3.8) is 0 Å². The minimum Gasteiger partial charge on any atom is -0.483 e. The highest BCUT2D eigenvalue weighted by atomic mass is 16.5. The van der Waals surface area contributed by atoms with Crippen molar-refractivity contribution in [1.29, 1.82) is 0 Å².